The maximum absolute atomic E-state index is 14.4. The van der Waals surface area contributed by atoms with Gasteiger partial charge in [0, 0.05) is 31.4 Å². The fourth-order valence-electron chi connectivity index (χ4n) is 4.02. The van der Waals surface area contributed by atoms with Gasteiger partial charge in [0.2, 0.25) is 5.91 Å². The summed E-state index contributed by atoms with van der Waals surface area (Å²) in [5, 5.41) is 2.71. The molecule has 2 heterocycles. The Morgan fingerprint density at radius 2 is 2.08 bits per heavy atom. The zero-order valence-corrected chi connectivity index (χ0v) is 14.2. The number of hydrogen-bond donors (Lipinski definition) is 1. The number of amidine groups is 1. The minimum atomic E-state index is -3.37. The molecule has 1 atom stereocenters. The van der Waals surface area contributed by atoms with Crippen molar-refractivity contribution in [2.45, 2.75) is 31.1 Å². The predicted octanol–water partition coefficient (Wildman–Crippen LogP) is 3.07. The Bertz CT molecular complexity index is 965. The van der Waals surface area contributed by atoms with Gasteiger partial charge in [0.25, 0.3) is 5.92 Å². The fourth-order valence-corrected chi connectivity index (χ4v) is 4.02. The van der Waals surface area contributed by atoms with Crippen LogP contribution in [0.25, 0.3) is 0 Å². The molecule has 0 bridgehead atoms. The number of carbonyl (C=O) groups is 1. The number of fused-ring (bicyclic) bond motifs is 4. The highest BCUT2D eigenvalue weighted by Crippen LogP contribution is 2.48. The number of amides is 1. The first kappa shape index (κ1) is 16.8. The van der Waals surface area contributed by atoms with Gasteiger partial charge in [0.05, 0.1) is 5.56 Å². The molecule has 26 heavy (non-hydrogen) atoms. The molecule has 1 spiro atoms. The molecule has 1 aliphatic heterocycles. The second-order valence-electron chi connectivity index (χ2n) is 6.70. The van der Waals surface area contributed by atoms with Crippen molar-refractivity contribution in [2.24, 2.45) is 4.99 Å². The highest BCUT2D eigenvalue weighted by Gasteiger charge is 2.52. The number of hydrogen-bond acceptors (Lipinski definition) is 3. The molecule has 134 valence electrons. The second kappa shape index (κ2) is 5.40. The molecule has 0 unspecified atom stereocenters. The van der Waals surface area contributed by atoms with Crippen LogP contribution in [-0.4, -0.2) is 23.8 Å². The lowest BCUT2D eigenvalue weighted by molar-refractivity contribution is -0.124. The number of nitrogens with one attached hydrogen (secondary N) is 1. The van der Waals surface area contributed by atoms with Gasteiger partial charge >= 0.3 is 0 Å². The molecule has 0 saturated carbocycles. The summed E-state index contributed by atoms with van der Waals surface area (Å²) < 4.78 is 42.3. The highest BCUT2D eigenvalue weighted by molar-refractivity contribution is 6.17. The Kier molecular flexibility index (Phi) is 3.48. The Labute approximate surface area is 148 Å². The third-order valence-electron chi connectivity index (χ3n) is 5.23. The van der Waals surface area contributed by atoms with E-state index < -0.39 is 22.7 Å². The minimum Gasteiger partial charge on any atom is -0.309 e. The van der Waals surface area contributed by atoms with Crippen LogP contribution in [0.15, 0.2) is 35.5 Å². The Hall–Kier alpha value is -2.70. The number of carbonyl (C=O) groups excluding carboxylic acids is 1. The van der Waals surface area contributed by atoms with Crippen LogP contribution >= 0.6 is 0 Å². The van der Waals surface area contributed by atoms with Gasteiger partial charge in [-0.25, -0.2) is 13.2 Å². The van der Waals surface area contributed by atoms with Gasteiger partial charge in [-0.3, -0.25) is 14.8 Å². The molecule has 1 aromatic heterocycles. The van der Waals surface area contributed by atoms with Crippen LogP contribution < -0.4 is 5.32 Å². The molecular weight excluding hydrogens is 343 g/mol. The third kappa shape index (κ3) is 2.12. The number of aliphatic imine (C=N–C) groups is 1. The molecular formula is C19H16F3N3O. The number of alkyl halides is 2. The van der Waals surface area contributed by atoms with E-state index in [1.807, 2.05) is 0 Å². The van der Waals surface area contributed by atoms with Crippen molar-refractivity contribution in [3.8, 4) is 0 Å². The summed E-state index contributed by atoms with van der Waals surface area (Å²) in [4.78, 5) is 21.4. The van der Waals surface area contributed by atoms with E-state index in [9.17, 15) is 18.0 Å². The number of aryl methyl sites for hydroxylation is 1. The zero-order valence-electron chi connectivity index (χ0n) is 14.2. The molecule has 4 rings (SSSR count). The smallest absolute Gasteiger partial charge is 0.273 e. The summed E-state index contributed by atoms with van der Waals surface area (Å²) in [6.07, 6.45) is 2.56. The standard InChI is InChI=1S/C19H16F3N3O/c1-18(21,22)13-9-12-10(8-14(13)20)16(23-2)25-17(26)19(12)6-5-15-11(19)4-3-7-24-15/h3-4,7-9H,5-6H2,1-2H3,(H,23,25,26)/t19-/m0/s1. The molecule has 1 aromatic carbocycles. The van der Waals surface area contributed by atoms with Crippen molar-refractivity contribution >= 4 is 11.7 Å². The van der Waals surface area contributed by atoms with E-state index in [-0.39, 0.29) is 11.7 Å². The average molecular weight is 359 g/mol. The van der Waals surface area contributed by atoms with Crippen molar-refractivity contribution in [3.63, 3.8) is 0 Å². The number of rotatable bonds is 1. The van der Waals surface area contributed by atoms with Crippen molar-refractivity contribution in [1.29, 1.82) is 0 Å². The quantitative estimate of drug-likeness (QED) is 0.851. The number of pyridine rings is 1. The van der Waals surface area contributed by atoms with E-state index in [0.717, 1.165) is 17.8 Å². The zero-order chi connectivity index (χ0) is 18.7. The number of nitrogens with zero attached hydrogens (tertiary/aromatic N) is 2. The molecule has 0 radical (unpaired) electrons. The SMILES string of the molecule is CN=C1NC(=O)[C@]2(CCc3ncccc32)c2cc(C(C)(F)F)c(F)cc21. The summed E-state index contributed by atoms with van der Waals surface area (Å²) in [5.41, 5.74) is 0.213. The van der Waals surface area contributed by atoms with Gasteiger partial charge in [-0.2, -0.15) is 0 Å². The average Bonchev–Trinajstić information content (AvgIpc) is 2.98. The normalized spacial score (nSPS) is 23.1. The molecule has 1 N–H and O–H groups in total. The Morgan fingerprint density at radius 3 is 2.77 bits per heavy atom. The predicted molar refractivity (Wildman–Crippen MR) is 89.9 cm³/mol. The Balaban J connectivity index is 2.08. The van der Waals surface area contributed by atoms with Crippen molar-refractivity contribution < 1.29 is 18.0 Å². The van der Waals surface area contributed by atoms with Crippen LogP contribution in [0.2, 0.25) is 0 Å². The van der Waals surface area contributed by atoms with E-state index in [1.165, 1.54) is 7.05 Å². The first-order chi connectivity index (χ1) is 12.3. The van der Waals surface area contributed by atoms with Crippen LogP contribution in [-0.2, 0) is 22.6 Å². The van der Waals surface area contributed by atoms with E-state index in [4.69, 9.17) is 0 Å². The molecule has 4 nitrogen and oxygen atoms in total. The molecule has 1 amide bonds. The van der Waals surface area contributed by atoms with E-state index >= 15 is 0 Å². The number of halogens is 3. The van der Waals surface area contributed by atoms with Crippen LogP contribution in [0.1, 0.15) is 41.3 Å². The molecule has 7 heteroatoms. The number of aromatic nitrogens is 1. The van der Waals surface area contributed by atoms with Crippen LogP contribution in [0.5, 0.6) is 0 Å². The topological polar surface area (TPSA) is 54.4 Å². The first-order valence-corrected chi connectivity index (χ1v) is 8.24. The highest BCUT2D eigenvalue weighted by atomic mass is 19.3. The number of benzene rings is 1. The summed E-state index contributed by atoms with van der Waals surface area (Å²) in [6.45, 7) is 0.645. The lowest BCUT2D eigenvalue weighted by atomic mass is 9.70. The summed E-state index contributed by atoms with van der Waals surface area (Å²) >= 11 is 0. The lowest BCUT2D eigenvalue weighted by Crippen LogP contribution is -2.52. The summed E-state index contributed by atoms with van der Waals surface area (Å²) in [5.74, 6) is -4.56. The second-order valence-corrected chi connectivity index (χ2v) is 6.70. The van der Waals surface area contributed by atoms with Gasteiger partial charge in [0.15, 0.2) is 0 Å². The van der Waals surface area contributed by atoms with Crippen molar-refractivity contribution in [2.75, 3.05) is 7.05 Å². The largest absolute Gasteiger partial charge is 0.309 e. The van der Waals surface area contributed by atoms with Gasteiger partial charge in [0.1, 0.15) is 17.1 Å². The van der Waals surface area contributed by atoms with E-state index in [2.05, 4.69) is 15.3 Å². The molecule has 0 saturated heterocycles. The van der Waals surface area contributed by atoms with Crippen molar-refractivity contribution in [1.82, 2.24) is 10.3 Å². The van der Waals surface area contributed by atoms with Crippen LogP contribution in [0, 0.1) is 5.82 Å². The van der Waals surface area contributed by atoms with Gasteiger partial charge < -0.3 is 5.32 Å². The monoisotopic (exact) mass is 359 g/mol. The Morgan fingerprint density at radius 1 is 1.31 bits per heavy atom. The maximum Gasteiger partial charge on any atom is 0.273 e. The third-order valence-corrected chi connectivity index (χ3v) is 5.23. The van der Waals surface area contributed by atoms with Gasteiger partial charge in [-0.15, -0.1) is 0 Å². The maximum atomic E-state index is 14.4. The van der Waals surface area contributed by atoms with Crippen LogP contribution in [0.4, 0.5) is 13.2 Å². The lowest BCUT2D eigenvalue weighted by Gasteiger charge is -2.36. The van der Waals surface area contributed by atoms with E-state index in [1.54, 1.807) is 18.3 Å². The summed E-state index contributed by atoms with van der Waals surface area (Å²) in [6, 6.07) is 5.65. The van der Waals surface area contributed by atoms with Crippen LogP contribution in [0.3, 0.4) is 0 Å². The van der Waals surface area contributed by atoms with Gasteiger partial charge in [-0.1, -0.05) is 6.07 Å². The summed E-state index contributed by atoms with van der Waals surface area (Å²) in [7, 11) is 1.46. The van der Waals surface area contributed by atoms with Crippen molar-refractivity contribution in [3.05, 3.63) is 64.2 Å². The van der Waals surface area contributed by atoms with Gasteiger partial charge in [-0.05, 0) is 42.2 Å². The molecule has 2 aromatic rings. The molecule has 1 aliphatic carbocycles. The minimum absolute atomic E-state index is 0.179. The molecule has 2 aliphatic rings. The molecule has 0 fully saturated rings. The fraction of sp³-hybridized carbons (Fsp3) is 0.316. The van der Waals surface area contributed by atoms with E-state index in [0.29, 0.717) is 36.5 Å². The first-order valence-electron chi connectivity index (χ1n) is 8.24.